The van der Waals surface area contributed by atoms with Crippen LogP contribution in [0.15, 0.2) is 18.2 Å². The summed E-state index contributed by atoms with van der Waals surface area (Å²) in [7, 11) is 1.80. The highest BCUT2D eigenvalue weighted by Crippen LogP contribution is 2.72. The van der Waals surface area contributed by atoms with Gasteiger partial charge in [-0.2, -0.15) is 0 Å². The van der Waals surface area contributed by atoms with E-state index in [-0.39, 0.29) is 27.5 Å². The molecule has 35 heavy (non-hydrogen) atoms. The van der Waals surface area contributed by atoms with E-state index in [4.69, 9.17) is 9.47 Å². The maximum absolute atomic E-state index is 13.2. The van der Waals surface area contributed by atoms with Crippen LogP contribution in [-0.2, 0) is 15.9 Å². The largest absolute Gasteiger partial charge is 0.508 e. The Hall–Kier alpha value is -0.630. The van der Waals surface area contributed by atoms with Crippen molar-refractivity contribution in [3.05, 3.63) is 29.3 Å². The van der Waals surface area contributed by atoms with Crippen molar-refractivity contribution in [2.45, 2.75) is 99.6 Å². The number of halogens is 2. The monoisotopic (exact) mass is 614 g/mol. The van der Waals surface area contributed by atoms with Gasteiger partial charge < -0.3 is 19.7 Å². The molecule has 1 heterocycles. The normalized spacial score (nSPS) is 42.3. The fraction of sp³-hybridized carbons (Fsp3) is 0.750. The van der Waals surface area contributed by atoms with Crippen LogP contribution in [0.25, 0.3) is 0 Å². The third-order valence-corrected chi connectivity index (χ3v) is 11.5. The van der Waals surface area contributed by atoms with Gasteiger partial charge in [-0.05, 0) is 113 Å². The Bertz CT molecular complexity index is 973. The fourth-order valence-corrected chi connectivity index (χ4v) is 7.76. The van der Waals surface area contributed by atoms with Crippen molar-refractivity contribution in [3.8, 4) is 5.75 Å². The molecule has 0 aromatic heterocycles. The Balaban J connectivity index is 1.76. The number of ether oxygens (including phenoxy) is 2. The minimum absolute atomic E-state index is 0.00104. The second-order valence-corrected chi connectivity index (χ2v) is 15.5. The van der Waals surface area contributed by atoms with Crippen LogP contribution in [0.5, 0.6) is 5.75 Å². The highest BCUT2D eigenvalue weighted by molar-refractivity contribution is 9.10. The molecule has 2 bridgehead atoms. The molecule has 8 atom stereocenters. The molecular weight excluding hydrogens is 576 g/mol. The Morgan fingerprint density at radius 1 is 1.14 bits per heavy atom. The van der Waals surface area contributed by atoms with Gasteiger partial charge in [-0.15, -0.1) is 0 Å². The summed E-state index contributed by atoms with van der Waals surface area (Å²) in [6.45, 7) is 10.4. The van der Waals surface area contributed by atoms with Crippen molar-refractivity contribution in [2.75, 3.05) is 7.11 Å². The molecule has 0 amide bonds. The number of cyclic esters (lactones) is 1. The van der Waals surface area contributed by atoms with Crippen LogP contribution in [0.1, 0.15) is 82.6 Å². The number of fused-ring (bicyclic) bond motifs is 5. The molecule has 0 spiro atoms. The smallest absolute Gasteiger partial charge is 0.338 e. The van der Waals surface area contributed by atoms with Crippen molar-refractivity contribution in [1.29, 1.82) is 0 Å². The lowest BCUT2D eigenvalue weighted by atomic mass is 9.65. The van der Waals surface area contributed by atoms with E-state index in [0.717, 1.165) is 24.8 Å². The van der Waals surface area contributed by atoms with Gasteiger partial charge in [0, 0.05) is 11.9 Å². The summed E-state index contributed by atoms with van der Waals surface area (Å²) in [5, 5.41) is 22.2. The van der Waals surface area contributed by atoms with E-state index in [1.807, 2.05) is 20.8 Å². The number of aliphatic hydroxyl groups is 1. The minimum atomic E-state index is -0.947. The predicted octanol–water partition coefficient (Wildman–Crippen LogP) is 6.40. The summed E-state index contributed by atoms with van der Waals surface area (Å²) in [5.41, 5.74) is -0.0559. The summed E-state index contributed by atoms with van der Waals surface area (Å²) < 4.78 is 11.7. The molecule has 1 aromatic rings. The van der Waals surface area contributed by atoms with Gasteiger partial charge in [0.1, 0.15) is 11.9 Å². The number of phenols is 1. The second-order valence-electron chi connectivity index (χ2n) is 12.3. The van der Waals surface area contributed by atoms with E-state index >= 15 is 0 Å². The maximum Gasteiger partial charge on any atom is 0.338 e. The van der Waals surface area contributed by atoms with Crippen molar-refractivity contribution in [1.82, 2.24) is 0 Å². The van der Waals surface area contributed by atoms with Crippen molar-refractivity contribution in [3.63, 3.8) is 0 Å². The lowest BCUT2D eigenvalue weighted by molar-refractivity contribution is -0.0737. The standard InChI is InChI=1S/C28H40Br2O5/c1-25(2,30)23-10-12-27(4,33)22(29)9-11-26(3)18-15-19(18)28(5,34-6)21(26)14-17-13-16(24(32)35-23)7-8-20(17)31/h7-8,13,18-19,21-23,31,33H,9-12,14-15H2,1-6H3/t18?,19?,21?,22-,23+,26-,27+,28?/m1/s1. The summed E-state index contributed by atoms with van der Waals surface area (Å²) in [6.07, 6.45) is 4.15. The van der Waals surface area contributed by atoms with E-state index in [0.29, 0.717) is 36.7 Å². The molecule has 1 aliphatic heterocycles. The van der Waals surface area contributed by atoms with Crippen LogP contribution < -0.4 is 0 Å². The van der Waals surface area contributed by atoms with Gasteiger partial charge >= 0.3 is 5.97 Å². The zero-order chi connectivity index (χ0) is 26.0. The van der Waals surface area contributed by atoms with Gasteiger partial charge in [-0.1, -0.05) is 38.8 Å². The molecule has 1 aromatic carbocycles. The first-order valence-electron chi connectivity index (χ1n) is 12.8. The fourth-order valence-electron chi connectivity index (χ4n) is 6.98. The van der Waals surface area contributed by atoms with Gasteiger partial charge in [-0.25, -0.2) is 4.79 Å². The molecule has 2 saturated carbocycles. The number of esters is 1. The first kappa shape index (κ1) is 27.4. The number of benzene rings is 1. The Morgan fingerprint density at radius 2 is 1.83 bits per heavy atom. The highest BCUT2D eigenvalue weighted by atomic mass is 79.9. The summed E-state index contributed by atoms with van der Waals surface area (Å²) >= 11 is 7.50. The SMILES string of the molecule is COC1(C)C2CC2[C@@]2(C)CC[C@@H](Br)[C@@](C)(O)CC[C@@H](C(C)(C)Br)OC(=O)c3ccc(O)c(c3)CC12. The van der Waals surface area contributed by atoms with E-state index in [1.54, 1.807) is 25.3 Å². The molecule has 2 fully saturated rings. The lowest BCUT2D eigenvalue weighted by Gasteiger charge is -2.43. The number of hydrogen-bond donors (Lipinski definition) is 2. The number of alkyl halides is 2. The van der Waals surface area contributed by atoms with E-state index < -0.39 is 22.0 Å². The minimum Gasteiger partial charge on any atom is -0.508 e. The van der Waals surface area contributed by atoms with E-state index in [1.165, 1.54) is 0 Å². The third kappa shape index (κ3) is 4.96. The van der Waals surface area contributed by atoms with Crippen LogP contribution in [0.3, 0.4) is 0 Å². The van der Waals surface area contributed by atoms with Gasteiger partial charge in [0.2, 0.25) is 0 Å². The highest BCUT2D eigenvalue weighted by Gasteiger charge is 2.71. The van der Waals surface area contributed by atoms with Crippen LogP contribution in [0.2, 0.25) is 0 Å². The molecule has 2 N–H and O–H groups in total. The molecule has 2 aliphatic carbocycles. The Kier molecular flexibility index (Phi) is 7.27. The number of rotatable bonds is 2. The van der Waals surface area contributed by atoms with E-state index in [2.05, 4.69) is 45.7 Å². The number of methoxy groups -OCH3 is 1. The number of phenolic OH excluding ortho intramolecular Hbond substituents is 1. The summed E-state index contributed by atoms with van der Waals surface area (Å²) in [4.78, 5) is 13.1. The third-order valence-electron chi connectivity index (χ3n) is 9.58. The first-order chi connectivity index (χ1) is 16.1. The number of carbonyl (C=O) groups is 1. The van der Waals surface area contributed by atoms with Crippen molar-refractivity contribution in [2.24, 2.45) is 23.2 Å². The molecule has 0 saturated heterocycles. The molecule has 4 unspecified atom stereocenters. The topological polar surface area (TPSA) is 76.0 Å². The molecule has 4 rings (SSSR count). The predicted molar refractivity (Wildman–Crippen MR) is 144 cm³/mol. The lowest BCUT2D eigenvalue weighted by Crippen LogP contribution is -2.45. The molecule has 5 nitrogen and oxygen atoms in total. The number of hydrogen-bond acceptors (Lipinski definition) is 5. The maximum atomic E-state index is 13.2. The number of carbonyl (C=O) groups excluding carboxylic acids is 1. The zero-order valence-electron chi connectivity index (χ0n) is 21.7. The molecular formula is C28H40Br2O5. The van der Waals surface area contributed by atoms with Crippen LogP contribution >= 0.6 is 31.9 Å². The van der Waals surface area contributed by atoms with Crippen LogP contribution in [0, 0.1) is 23.2 Å². The molecule has 0 radical (unpaired) electrons. The van der Waals surface area contributed by atoms with Crippen molar-refractivity contribution >= 4 is 37.8 Å². The zero-order valence-corrected chi connectivity index (χ0v) is 24.9. The van der Waals surface area contributed by atoms with Gasteiger partial charge in [-0.3, -0.25) is 0 Å². The van der Waals surface area contributed by atoms with Gasteiger partial charge in [0.25, 0.3) is 0 Å². The van der Waals surface area contributed by atoms with Gasteiger partial charge in [0.05, 0.1) is 21.1 Å². The second kappa shape index (κ2) is 9.28. The quantitative estimate of drug-likeness (QED) is 0.297. The molecule has 196 valence electrons. The summed E-state index contributed by atoms with van der Waals surface area (Å²) in [6, 6.07) is 5.03. The summed E-state index contributed by atoms with van der Waals surface area (Å²) in [5.74, 6) is 1.01. The van der Waals surface area contributed by atoms with Crippen LogP contribution in [0.4, 0.5) is 0 Å². The Labute approximate surface area is 226 Å². The average molecular weight is 616 g/mol. The van der Waals surface area contributed by atoms with Crippen molar-refractivity contribution < 1.29 is 24.5 Å². The number of aromatic hydroxyl groups is 1. The Morgan fingerprint density at radius 3 is 2.46 bits per heavy atom. The van der Waals surface area contributed by atoms with Crippen LogP contribution in [-0.4, -0.2) is 49.7 Å². The first-order valence-corrected chi connectivity index (χ1v) is 14.5. The van der Waals surface area contributed by atoms with Gasteiger partial charge in [0.15, 0.2) is 0 Å². The average Bonchev–Trinajstić information content (AvgIpc) is 3.56. The molecule has 3 aliphatic rings. The van der Waals surface area contributed by atoms with E-state index in [9.17, 15) is 15.0 Å². The molecule has 7 heteroatoms.